The molecule has 1 aliphatic heterocycles. The second-order valence-corrected chi connectivity index (χ2v) is 7.55. The summed E-state index contributed by atoms with van der Waals surface area (Å²) in [5.41, 5.74) is 1.40. The molecule has 1 spiro atoms. The molecule has 7 heteroatoms. The molecule has 0 radical (unpaired) electrons. The van der Waals surface area contributed by atoms with Crippen molar-refractivity contribution in [1.29, 1.82) is 5.26 Å². The third-order valence-corrected chi connectivity index (χ3v) is 5.97. The Morgan fingerprint density at radius 1 is 1.18 bits per heavy atom. The molecular formula is C21H18FN5O. The monoisotopic (exact) mass is 375 g/mol. The van der Waals surface area contributed by atoms with Crippen molar-refractivity contribution < 1.29 is 8.81 Å². The minimum absolute atomic E-state index is 0.184. The molecule has 3 aromatic rings. The van der Waals surface area contributed by atoms with Crippen LogP contribution in [0.25, 0.3) is 11.5 Å². The normalized spacial score (nSPS) is 20.1. The minimum atomic E-state index is -0.321. The summed E-state index contributed by atoms with van der Waals surface area (Å²) in [6.45, 7) is 1.71. The van der Waals surface area contributed by atoms with Crippen LogP contribution in [0.1, 0.15) is 36.6 Å². The van der Waals surface area contributed by atoms with E-state index in [1.165, 1.54) is 12.1 Å². The van der Waals surface area contributed by atoms with Gasteiger partial charge in [-0.25, -0.2) is 9.37 Å². The van der Waals surface area contributed by atoms with E-state index >= 15 is 0 Å². The molecule has 1 aromatic carbocycles. The molecule has 1 aliphatic carbocycles. The maximum atomic E-state index is 13.4. The van der Waals surface area contributed by atoms with Crippen LogP contribution < -0.4 is 4.90 Å². The first kappa shape index (κ1) is 16.9. The van der Waals surface area contributed by atoms with Gasteiger partial charge in [-0.3, -0.25) is 0 Å². The van der Waals surface area contributed by atoms with Crippen LogP contribution in [0, 0.1) is 22.6 Å². The maximum Gasteiger partial charge on any atom is 0.247 e. The van der Waals surface area contributed by atoms with Crippen molar-refractivity contribution in [2.75, 3.05) is 18.0 Å². The Kier molecular flexibility index (Phi) is 3.86. The van der Waals surface area contributed by atoms with Crippen LogP contribution in [-0.4, -0.2) is 28.3 Å². The van der Waals surface area contributed by atoms with E-state index in [1.807, 2.05) is 0 Å². The molecular weight excluding hydrogens is 357 g/mol. The number of rotatable bonds is 3. The third-order valence-electron chi connectivity index (χ3n) is 5.97. The van der Waals surface area contributed by atoms with E-state index in [9.17, 15) is 9.65 Å². The minimum Gasteiger partial charge on any atom is -0.420 e. The molecule has 2 aromatic heterocycles. The summed E-state index contributed by atoms with van der Waals surface area (Å²) in [7, 11) is 0. The van der Waals surface area contributed by atoms with Crippen molar-refractivity contribution in [2.24, 2.45) is 5.41 Å². The van der Waals surface area contributed by atoms with E-state index in [-0.39, 0.29) is 17.2 Å². The predicted octanol–water partition coefficient (Wildman–Crippen LogP) is 3.92. The summed E-state index contributed by atoms with van der Waals surface area (Å²) in [5, 5.41) is 17.6. The molecule has 0 bridgehead atoms. The van der Waals surface area contributed by atoms with E-state index < -0.39 is 0 Å². The number of benzene rings is 1. The number of nitrogens with zero attached hydrogens (tertiary/aromatic N) is 5. The van der Waals surface area contributed by atoms with Gasteiger partial charge in [0, 0.05) is 30.8 Å². The van der Waals surface area contributed by atoms with Gasteiger partial charge < -0.3 is 9.32 Å². The summed E-state index contributed by atoms with van der Waals surface area (Å²) in [6.07, 6.45) is 4.75. The predicted molar refractivity (Wildman–Crippen MR) is 99.9 cm³/mol. The summed E-state index contributed by atoms with van der Waals surface area (Å²) in [4.78, 5) is 6.58. The van der Waals surface area contributed by atoms with E-state index in [0.717, 1.165) is 38.2 Å². The van der Waals surface area contributed by atoms with Crippen molar-refractivity contribution in [1.82, 2.24) is 15.2 Å². The number of pyridine rings is 1. The fourth-order valence-electron chi connectivity index (χ4n) is 4.26. The molecule has 1 saturated heterocycles. The van der Waals surface area contributed by atoms with Crippen LogP contribution >= 0.6 is 0 Å². The molecule has 5 rings (SSSR count). The third kappa shape index (κ3) is 2.82. The lowest BCUT2D eigenvalue weighted by Gasteiger charge is -2.33. The molecule has 1 saturated carbocycles. The van der Waals surface area contributed by atoms with E-state index in [1.54, 1.807) is 30.5 Å². The average Bonchev–Trinajstić information content (AvgIpc) is 3.20. The van der Waals surface area contributed by atoms with Crippen molar-refractivity contribution in [2.45, 2.75) is 25.2 Å². The topological polar surface area (TPSA) is 78.8 Å². The highest BCUT2D eigenvalue weighted by Crippen LogP contribution is 2.64. The molecule has 28 heavy (non-hydrogen) atoms. The number of piperidine rings is 1. The number of aromatic nitrogens is 3. The molecule has 6 nitrogen and oxygen atoms in total. The fourth-order valence-corrected chi connectivity index (χ4v) is 4.26. The molecule has 2 fully saturated rings. The number of hydrogen-bond acceptors (Lipinski definition) is 6. The van der Waals surface area contributed by atoms with Crippen molar-refractivity contribution in [3.8, 4) is 17.5 Å². The van der Waals surface area contributed by atoms with Crippen molar-refractivity contribution in [3.63, 3.8) is 0 Å². The fraction of sp³-hybridized carbons (Fsp3) is 0.333. The zero-order chi connectivity index (χ0) is 19.1. The molecule has 2 aliphatic rings. The van der Waals surface area contributed by atoms with Gasteiger partial charge in [0.05, 0.1) is 5.56 Å². The van der Waals surface area contributed by atoms with Crippen LogP contribution in [0.3, 0.4) is 0 Å². The SMILES string of the molecule is N#Cc1cccnc1N1CCC2(CC1)C[C@H]2c1nnc(-c2cccc(F)c2)o1. The van der Waals surface area contributed by atoms with Crippen LogP contribution in [0.15, 0.2) is 47.0 Å². The second-order valence-electron chi connectivity index (χ2n) is 7.55. The lowest BCUT2D eigenvalue weighted by molar-refractivity contribution is 0.352. The van der Waals surface area contributed by atoms with E-state index in [4.69, 9.17) is 4.42 Å². The number of anilines is 1. The Hall–Kier alpha value is -3.27. The number of halogens is 1. The zero-order valence-electron chi connectivity index (χ0n) is 15.2. The molecule has 3 heterocycles. The molecule has 140 valence electrons. The summed E-state index contributed by atoms with van der Waals surface area (Å²) < 4.78 is 19.3. The highest BCUT2D eigenvalue weighted by atomic mass is 19.1. The number of hydrogen-bond donors (Lipinski definition) is 0. The first-order chi connectivity index (χ1) is 13.7. The smallest absolute Gasteiger partial charge is 0.247 e. The highest BCUT2D eigenvalue weighted by molar-refractivity contribution is 5.54. The van der Waals surface area contributed by atoms with Crippen molar-refractivity contribution in [3.05, 3.63) is 59.9 Å². The van der Waals surface area contributed by atoms with Crippen LogP contribution in [0.5, 0.6) is 0 Å². The Labute approximate surface area is 161 Å². The Balaban J connectivity index is 1.29. The van der Waals surface area contributed by atoms with Crippen molar-refractivity contribution >= 4 is 5.82 Å². The summed E-state index contributed by atoms with van der Waals surface area (Å²) >= 11 is 0. The summed E-state index contributed by atoms with van der Waals surface area (Å²) in [5.74, 6) is 1.70. The molecule has 0 N–H and O–H groups in total. The van der Waals surface area contributed by atoms with Gasteiger partial charge in [-0.05, 0) is 55.0 Å². The van der Waals surface area contributed by atoms with Gasteiger partial charge in [-0.15, -0.1) is 10.2 Å². The first-order valence-corrected chi connectivity index (χ1v) is 9.38. The Bertz CT molecular complexity index is 1060. The van der Waals surface area contributed by atoms with Crippen LogP contribution in [0.4, 0.5) is 10.2 Å². The molecule has 0 amide bonds. The quantitative estimate of drug-likeness (QED) is 0.690. The van der Waals surface area contributed by atoms with Gasteiger partial charge in [-0.2, -0.15) is 5.26 Å². The van der Waals surface area contributed by atoms with Gasteiger partial charge in [0.2, 0.25) is 11.8 Å². The van der Waals surface area contributed by atoms with Crippen LogP contribution in [-0.2, 0) is 0 Å². The highest BCUT2D eigenvalue weighted by Gasteiger charge is 2.58. The Morgan fingerprint density at radius 3 is 2.82 bits per heavy atom. The van der Waals surface area contributed by atoms with E-state index in [0.29, 0.717) is 22.9 Å². The van der Waals surface area contributed by atoms with Gasteiger partial charge in [0.15, 0.2) is 0 Å². The lowest BCUT2D eigenvalue weighted by atomic mass is 9.90. The van der Waals surface area contributed by atoms with Gasteiger partial charge in [-0.1, -0.05) is 6.07 Å². The lowest BCUT2D eigenvalue weighted by Crippen LogP contribution is -2.36. The molecule has 0 unspecified atom stereocenters. The van der Waals surface area contributed by atoms with Gasteiger partial charge in [0.1, 0.15) is 17.7 Å². The number of nitriles is 1. The Morgan fingerprint density at radius 2 is 2.04 bits per heavy atom. The van der Waals surface area contributed by atoms with E-state index in [2.05, 4.69) is 26.2 Å². The molecule has 1 atom stereocenters. The largest absolute Gasteiger partial charge is 0.420 e. The standard InChI is InChI=1S/C21H18FN5O/c22-16-5-1-3-14(11-16)19-25-26-20(28-19)17-12-21(17)6-9-27(10-7-21)18-15(13-23)4-2-8-24-18/h1-5,8,11,17H,6-7,9-10,12H2/t17-/m0/s1. The second kappa shape index (κ2) is 6.41. The maximum absolute atomic E-state index is 13.4. The summed E-state index contributed by atoms with van der Waals surface area (Å²) in [6, 6.07) is 12.0. The van der Waals surface area contributed by atoms with Crippen LogP contribution in [0.2, 0.25) is 0 Å². The van der Waals surface area contributed by atoms with Gasteiger partial charge >= 0.3 is 0 Å². The zero-order valence-corrected chi connectivity index (χ0v) is 15.2. The van der Waals surface area contributed by atoms with Gasteiger partial charge in [0.25, 0.3) is 0 Å². The average molecular weight is 375 g/mol. The first-order valence-electron chi connectivity index (χ1n) is 9.38.